The summed E-state index contributed by atoms with van der Waals surface area (Å²) < 4.78 is 5.77. The molecule has 0 amide bonds. The van der Waals surface area contributed by atoms with Crippen LogP contribution < -0.4 is 5.73 Å². The number of rotatable bonds is 3. The maximum absolute atomic E-state index is 6.11. The normalized spacial score (nSPS) is 14.0. The highest BCUT2D eigenvalue weighted by atomic mass is 35.5. The van der Waals surface area contributed by atoms with E-state index >= 15 is 0 Å². The molecule has 2 N–H and O–H groups in total. The van der Waals surface area contributed by atoms with Gasteiger partial charge in [0.25, 0.3) is 0 Å². The molecule has 104 valence electrons. The molecular weight excluding hydrogens is 283 g/mol. The molecule has 2 aromatic rings. The summed E-state index contributed by atoms with van der Waals surface area (Å²) in [6.07, 6.45) is 0.904. The molecule has 1 aromatic heterocycles. The molecule has 1 aromatic carbocycles. The highest BCUT2D eigenvalue weighted by Gasteiger charge is 2.24. The molecule has 1 unspecified atom stereocenters. The number of fused-ring (bicyclic) bond motifs is 1. The van der Waals surface area contributed by atoms with Crippen molar-refractivity contribution in [2.75, 3.05) is 6.54 Å². The van der Waals surface area contributed by atoms with E-state index in [1.807, 2.05) is 0 Å². The predicted molar refractivity (Wildman–Crippen MR) is 79.9 cm³/mol. The van der Waals surface area contributed by atoms with Gasteiger partial charge in [0.15, 0.2) is 11.5 Å². The molecule has 3 nitrogen and oxygen atoms in total. The first-order chi connectivity index (χ1) is 8.80. The van der Waals surface area contributed by atoms with E-state index in [1.54, 1.807) is 12.1 Å². The average Bonchev–Trinajstić information content (AvgIpc) is 2.68. The summed E-state index contributed by atoms with van der Waals surface area (Å²) in [6.45, 7) is 7.00. The van der Waals surface area contributed by atoms with Crippen LogP contribution in [-0.2, 0) is 0 Å². The molecule has 0 saturated carbocycles. The van der Waals surface area contributed by atoms with E-state index in [1.165, 1.54) is 0 Å². The van der Waals surface area contributed by atoms with Crippen molar-refractivity contribution in [3.63, 3.8) is 0 Å². The molecule has 0 aliphatic carbocycles. The van der Waals surface area contributed by atoms with Crippen molar-refractivity contribution in [2.45, 2.75) is 33.1 Å². The standard InChI is InChI=1S/C14H18Cl2N2O/c1-14(2,3)6-8(7-17)13-18-11-5-9(15)4-10(16)12(11)19-13/h4-5,8H,6-7,17H2,1-3H3. The van der Waals surface area contributed by atoms with Crippen molar-refractivity contribution in [3.8, 4) is 0 Å². The third-order valence-corrected chi connectivity index (χ3v) is 3.42. The van der Waals surface area contributed by atoms with Crippen LogP contribution in [0, 0.1) is 5.41 Å². The van der Waals surface area contributed by atoms with E-state index in [9.17, 15) is 0 Å². The fraction of sp³-hybridized carbons (Fsp3) is 0.500. The zero-order valence-electron chi connectivity index (χ0n) is 11.3. The second kappa shape index (κ2) is 5.31. The largest absolute Gasteiger partial charge is 0.439 e. The Kier molecular flexibility index (Phi) is 4.09. The van der Waals surface area contributed by atoms with Crippen molar-refractivity contribution in [2.24, 2.45) is 11.1 Å². The van der Waals surface area contributed by atoms with Crippen LogP contribution in [-0.4, -0.2) is 11.5 Å². The molecule has 0 bridgehead atoms. The van der Waals surface area contributed by atoms with Crippen LogP contribution in [0.1, 0.15) is 39.0 Å². The Bertz CT molecular complexity index is 587. The number of hydrogen-bond donors (Lipinski definition) is 1. The second-order valence-electron chi connectivity index (χ2n) is 5.99. The highest BCUT2D eigenvalue weighted by Crippen LogP contribution is 2.34. The Hall–Kier alpha value is -0.770. The molecule has 5 heteroatoms. The van der Waals surface area contributed by atoms with Gasteiger partial charge in [-0.2, -0.15) is 0 Å². The summed E-state index contributed by atoms with van der Waals surface area (Å²) in [7, 11) is 0. The third kappa shape index (κ3) is 3.41. The lowest BCUT2D eigenvalue weighted by Gasteiger charge is -2.22. The summed E-state index contributed by atoms with van der Waals surface area (Å²) in [5.41, 5.74) is 7.26. The topological polar surface area (TPSA) is 52.0 Å². The smallest absolute Gasteiger partial charge is 0.199 e. The molecule has 19 heavy (non-hydrogen) atoms. The van der Waals surface area contributed by atoms with E-state index < -0.39 is 0 Å². The molecule has 0 aliphatic rings. The van der Waals surface area contributed by atoms with Gasteiger partial charge in [-0.15, -0.1) is 0 Å². The van der Waals surface area contributed by atoms with Gasteiger partial charge >= 0.3 is 0 Å². The van der Waals surface area contributed by atoms with Gasteiger partial charge < -0.3 is 10.2 Å². The first kappa shape index (κ1) is 14.6. The maximum Gasteiger partial charge on any atom is 0.199 e. The summed E-state index contributed by atoms with van der Waals surface area (Å²) in [5, 5.41) is 1.03. The van der Waals surface area contributed by atoms with Crippen LogP contribution in [0.3, 0.4) is 0 Å². The number of halogens is 2. The van der Waals surface area contributed by atoms with Gasteiger partial charge in [0.1, 0.15) is 5.52 Å². The molecule has 1 heterocycles. The van der Waals surface area contributed by atoms with Crippen molar-refractivity contribution < 1.29 is 4.42 Å². The second-order valence-corrected chi connectivity index (χ2v) is 6.83. The SMILES string of the molecule is CC(C)(C)CC(CN)c1nc2cc(Cl)cc(Cl)c2o1. The van der Waals surface area contributed by atoms with Gasteiger partial charge in [-0.1, -0.05) is 44.0 Å². The Labute approximate surface area is 123 Å². The number of nitrogens with two attached hydrogens (primary N) is 1. The molecule has 0 aliphatic heterocycles. The van der Waals surface area contributed by atoms with Gasteiger partial charge in [-0.3, -0.25) is 0 Å². The molecule has 1 atom stereocenters. The van der Waals surface area contributed by atoms with Crippen LogP contribution in [0.2, 0.25) is 10.0 Å². The first-order valence-corrected chi connectivity index (χ1v) is 7.01. The van der Waals surface area contributed by atoms with Crippen molar-refractivity contribution in [3.05, 3.63) is 28.1 Å². The number of oxazole rings is 1. The van der Waals surface area contributed by atoms with Gasteiger partial charge in [-0.25, -0.2) is 4.98 Å². The molecule has 0 radical (unpaired) electrons. The molecule has 0 spiro atoms. The minimum Gasteiger partial charge on any atom is -0.439 e. The van der Waals surface area contributed by atoms with Crippen molar-refractivity contribution >= 4 is 34.3 Å². The van der Waals surface area contributed by atoms with Crippen LogP contribution in [0.4, 0.5) is 0 Å². The highest BCUT2D eigenvalue weighted by molar-refractivity contribution is 6.37. The van der Waals surface area contributed by atoms with Crippen molar-refractivity contribution in [1.82, 2.24) is 4.98 Å². The third-order valence-electron chi connectivity index (χ3n) is 2.92. The lowest BCUT2D eigenvalue weighted by molar-refractivity contribution is 0.314. The van der Waals surface area contributed by atoms with Crippen LogP contribution in [0.5, 0.6) is 0 Å². The average molecular weight is 301 g/mol. The minimum atomic E-state index is 0.0854. The zero-order chi connectivity index (χ0) is 14.2. The molecular formula is C14H18Cl2N2O. The number of aromatic nitrogens is 1. The lowest BCUT2D eigenvalue weighted by atomic mass is 9.84. The number of benzene rings is 1. The Morgan fingerprint density at radius 1 is 1.32 bits per heavy atom. The Morgan fingerprint density at radius 3 is 2.58 bits per heavy atom. The summed E-state index contributed by atoms with van der Waals surface area (Å²) >= 11 is 12.1. The number of hydrogen-bond acceptors (Lipinski definition) is 3. The van der Waals surface area contributed by atoms with Gasteiger partial charge in [0.2, 0.25) is 0 Å². The van der Waals surface area contributed by atoms with Gasteiger partial charge in [0.05, 0.1) is 5.02 Å². The van der Waals surface area contributed by atoms with Crippen LogP contribution in [0.25, 0.3) is 11.1 Å². The Balaban J connectivity index is 2.42. The minimum absolute atomic E-state index is 0.0854. The summed E-state index contributed by atoms with van der Waals surface area (Å²) in [5.74, 6) is 0.721. The van der Waals surface area contributed by atoms with E-state index in [4.69, 9.17) is 33.4 Å². The lowest BCUT2D eigenvalue weighted by Crippen LogP contribution is -2.19. The van der Waals surface area contributed by atoms with E-state index in [0.717, 1.165) is 6.42 Å². The van der Waals surface area contributed by atoms with Crippen molar-refractivity contribution in [1.29, 1.82) is 0 Å². The van der Waals surface area contributed by atoms with E-state index in [-0.39, 0.29) is 11.3 Å². The monoisotopic (exact) mass is 300 g/mol. The van der Waals surface area contributed by atoms with Crippen LogP contribution in [0.15, 0.2) is 16.5 Å². The summed E-state index contributed by atoms with van der Waals surface area (Å²) in [4.78, 5) is 4.47. The van der Waals surface area contributed by atoms with E-state index in [0.29, 0.717) is 33.6 Å². The maximum atomic E-state index is 6.11. The molecule has 0 fully saturated rings. The van der Waals surface area contributed by atoms with E-state index in [2.05, 4.69) is 25.8 Å². The molecule has 2 rings (SSSR count). The number of nitrogens with zero attached hydrogens (tertiary/aromatic N) is 1. The predicted octanol–water partition coefficient (Wildman–Crippen LogP) is 4.61. The fourth-order valence-corrected chi connectivity index (χ4v) is 2.68. The quantitative estimate of drug-likeness (QED) is 0.900. The first-order valence-electron chi connectivity index (χ1n) is 6.26. The Morgan fingerprint density at radius 2 is 2.00 bits per heavy atom. The zero-order valence-corrected chi connectivity index (χ0v) is 12.8. The molecule has 0 saturated heterocycles. The van der Waals surface area contributed by atoms with Crippen LogP contribution >= 0.6 is 23.2 Å². The van der Waals surface area contributed by atoms with Gasteiger partial charge in [0, 0.05) is 17.5 Å². The fourth-order valence-electron chi connectivity index (χ4n) is 2.16. The summed E-state index contributed by atoms with van der Waals surface area (Å²) in [6, 6.07) is 3.40. The van der Waals surface area contributed by atoms with Gasteiger partial charge in [-0.05, 0) is 24.0 Å².